The topological polar surface area (TPSA) is 51.5 Å². The van der Waals surface area contributed by atoms with Crippen molar-refractivity contribution in [3.8, 4) is 16.9 Å². The molecule has 0 radical (unpaired) electrons. The van der Waals surface area contributed by atoms with Crippen LogP contribution in [-0.2, 0) is 4.79 Å². The SMILES string of the molecule is CCOc1cc2occ(-c3ccc(F)cc3)c2cc1/C(C)=C/C(=O)Nc1cc(Cl)ccc1C. The number of rotatable bonds is 6. The first kappa shape index (κ1) is 22.6. The summed E-state index contributed by atoms with van der Waals surface area (Å²) < 4.78 is 25.0. The molecule has 0 saturated carbocycles. The Hall–Kier alpha value is -3.57. The van der Waals surface area contributed by atoms with Crippen LogP contribution in [0.4, 0.5) is 10.1 Å². The predicted molar refractivity (Wildman–Crippen MR) is 131 cm³/mol. The highest BCUT2D eigenvalue weighted by Crippen LogP contribution is 2.37. The molecule has 0 aliphatic carbocycles. The maximum atomic E-state index is 13.4. The number of anilines is 1. The third-order valence-electron chi connectivity index (χ3n) is 5.36. The van der Waals surface area contributed by atoms with Crippen LogP contribution in [0.3, 0.4) is 0 Å². The van der Waals surface area contributed by atoms with E-state index in [2.05, 4.69) is 5.32 Å². The second-order valence-electron chi connectivity index (χ2n) is 7.71. The van der Waals surface area contributed by atoms with Gasteiger partial charge >= 0.3 is 0 Å². The normalized spacial score (nSPS) is 11.6. The molecule has 1 amide bonds. The fourth-order valence-electron chi connectivity index (χ4n) is 3.66. The Labute approximate surface area is 196 Å². The van der Waals surface area contributed by atoms with Gasteiger partial charge in [-0.1, -0.05) is 29.8 Å². The number of hydrogen-bond donors (Lipinski definition) is 1. The summed E-state index contributed by atoms with van der Waals surface area (Å²) in [7, 11) is 0. The van der Waals surface area contributed by atoms with Crippen molar-refractivity contribution in [2.24, 2.45) is 0 Å². The number of ether oxygens (including phenoxy) is 1. The summed E-state index contributed by atoms with van der Waals surface area (Å²) in [6.45, 7) is 6.12. The molecule has 4 rings (SSSR count). The van der Waals surface area contributed by atoms with Gasteiger partial charge in [0.25, 0.3) is 0 Å². The fourth-order valence-corrected chi connectivity index (χ4v) is 3.84. The van der Waals surface area contributed by atoms with E-state index in [1.54, 1.807) is 30.5 Å². The van der Waals surface area contributed by atoms with Crippen LogP contribution in [0.2, 0.25) is 5.02 Å². The van der Waals surface area contributed by atoms with Crippen molar-refractivity contribution in [3.05, 3.63) is 88.9 Å². The average Bonchev–Trinajstić information content (AvgIpc) is 3.19. The minimum atomic E-state index is -0.300. The molecule has 0 fully saturated rings. The fraction of sp³-hybridized carbons (Fsp3) is 0.148. The molecule has 1 aromatic heterocycles. The number of fused-ring (bicyclic) bond motifs is 1. The van der Waals surface area contributed by atoms with Crippen molar-refractivity contribution in [2.45, 2.75) is 20.8 Å². The van der Waals surface area contributed by atoms with E-state index in [-0.39, 0.29) is 11.7 Å². The van der Waals surface area contributed by atoms with Gasteiger partial charge in [0, 0.05) is 39.4 Å². The average molecular weight is 464 g/mol. The third kappa shape index (κ3) is 4.94. The van der Waals surface area contributed by atoms with E-state index in [0.29, 0.717) is 28.6 Å². The van der Waals surface area contributed by atoms with Gasteiger partial charge in [-0.2, -0.15) is 0 Å². The Balaban J connectivity index is 1.73. The van der Waals surface area contributed by atoms with Gasteiger partial charge in [-0.25, -0.2) is 4.39 Å². The maximum Gasteiger partial charge on any atom is 0.248 e. The molecule has 6 heteroatoms. The maximum absolute atomic E-state index is 13.4. The minimum absolute atomic E-state index is 0.272. The van der Waals surface area contributed by atoms with Crippen molar-refractivity contribution in [2.75, 3.05) is 11.9 Å². The van der Waals surface area contributed by atoms with Crippen LogP contribution in [-0.4, -0.2) is 12.5 Å². The lowest BCUT2D eigenvalue weighted by molar-refractivity contribution is -0.111. The van der Waals surface area contributed by atoms with Crippen LogP contribution >= 0.6 is 11.6 Å². The van der Waals surface area contributed by atoms with Crippen LogP contribution in [0, 0.1) is 12.7 Å². The van der Waals surface area contributed by atoms with Crippen molar-refractivity contribution in [1.82, 2.24) is 0 Å². The van der Waals surface area contributed by atoms with Gasteiger partial charge in [-0.05, 0) is 67.8 Å². The van der Waals surface area contributed by atoms with E-state index in [4.69, 9.17) is 20.8 Å². The smallest absolute Gasteiger partial charge is 0.248 e. The Morgan fingerprint density at radius 2 is 1.91 bits per heavy atom. The molecule has 3 aromatic carbocycles. The largest absolute Gasteiger partial charge is 0.493 e. The first-order chi connectivity index (χ1) is 15.9. The Bertz CT molecular complexity index is 1360. The standard InChI is InChI=1S/C27H23ClFNO3/c1-4-32-25-14-26-22(23(15-33-26)18-6-9-20(29)10-7-18)13-21(25)17(3)11-27(31)30-24-12-19(28)8-5-16(24)2/h5-15H,4H2,1-3H3,(H,30,31)/b17-11+. The number of halogens is 2. The van der Waals surface area contributed by atoms with E-state index in [1.807, 2.05) is 39.0 Å². The van der Waals surface area contributed by atoms with Gasteiger partial charge < -0.3 is 14.5 Å². The Morgan fingerprint density at radius 3 is 2.64 bits per heavy atom. The number of hydrogen-bond acceptors (Lipinski definition) is 3. The first-order valence-electron chi connectivity index (χ1n) is 10.6. The zero-order valence-corrected chi connectivity index (χ0v) is 19.3. The summed E-state index contributed by atoms with van der Waals surface area (Å²) in [5.74, 6) is 0.0439. The zero-order chi connectivity index (χ0) is 23.5. The highest BCUT2D eigenvalue weighted by molar-refractivity contribution is 6.31. The summed E-state index contributed by atoms with van der Waals surface area (Å²) >= 11 is 6.06. The number of nitrogens with one attached hydrogen (secondary N) is 1. The van der Waals surface area contributed by atoms with E-state index in [9.17, 15) is 9.18 Å². The highest BCUT2D eigenvalue weighted by Gasteiger charge is 2.15. The summed E-state index contributed by atoms with van der Waals surface area (Å²) in [4.78, 5) is 12.7. The molecule has 4 aromatic rings. The van der Waals surface area contributed by atoms with Crippen molar-refractivity contribution >= 4 is 39.7 Å². The van der Waals surface area contributed by atoms with Gasteiger partial charge in [-0.3, -0.25) is 4.79 Å². The molecule has 0 spiro atoms. The lowest BCUT2D eigenvalue weighted by Crippen LogP contribution is -2.10. The lowest BCUT2D eigenvalue weighted by Gasteiger charge is -2.12. The summed E-state index contributed by atoms with van der Waals surface area (Å²) in [6.07, 6.45) is 3.17. The number of furan rings is 1. The van der Waals surface area contributed by atoms with Crippen LogP contribution in [0.1, 0.15) is 25.0 Å². The molecule has 168 valence electrons. The van der Waals surface area contributed by atoms with E-state index in [0.717, 1.165) is 33.2 Å². The second kappa shape index (κ2) is 9.51. The van der Waals surface area contributed by atoms with Crippen LogP contribution in [0.15, 0.2) is 71.4 Å². The molecule has 1 N–H and O–H groups in total. The van der Waals surface area contributed by atoms with Gasteiger partial charge in [-0.15, -0.1) is 0 Å². The quantitative estimate of drug-likeness (QED) is 0.299. The van der Waals surface area contributed by atoms with Gasteiger partial charge in [0.05, 0.1) is 12.9 Å². The number of aryl methyl sites for hydroxylation is 1. The first-order valence-corrected chi connectivity index (χ1v) is 10.9. The van der Waals surface area contributed by atoms with E-state index < -0.39 is 0 Å². The lowest BCUT2D eigenvalue weighted by atomic mass is 9.99. The van der Waals surface area contributed by atoms with E-state index >= 15 is 0 Å². The summed E-state index contributed by atoms with van der Waals surface area (Å²) in [5.41, 5.74) is 5.38. The molecule has 1 heterocycles. The van der Waals surface area contributed by atoms with Crippen LogP contribution < -0.4 is 10.1 Å². The summed E-state index contributed by atoms with van der Waals surface area (Å²) in [5, 5.41) is 4.28. The zero-order valence-electron chi connectivity index (χ0n) is 18.5. The van der Waals surface area contributed by atoms with Gasteiger partial charge in [0.15, 0.2) is 0 Å². The third-order valence-corrected chi connectivity index (χ3v) is 5.60. The van der Waals surface area contributed by atoms with Crippen LogP contribution in [0.25, 0.3) is 27.7 Å². The molecule has 4 nitrogen and oxygen atoms in total. The molecular formula is C27H23ClFNO3. The molecule has 0 unspecified atom stereocenters. The highest BCUT2D eigenvalue weighted by atomic mass is 35.5. The van der Waals surface area contributed by atoms with Crippen LogP contribution in [0.5, 0.6) is 5.75 Å². The van der Waals surface area contributed by atoms with Gasteiger partial charge in [0.2, 0.25) is 5.91 Å². The molecule has 0 saturated heterocycles. The molecule has 0 bridgehead atoms. The monoisotopic (exact) mass is 463 g/mol. The van der Waals surface area contributed by atoms with Crippen molar-refractivity contribution in [3.63, 3.8) is 0 Å². The number of carbonyl (C=O) groups is 1. The Kier molecular flexibility index (Phi) is 6.52. The molecule has 0 atom stereocenters. The number of allylic oxidation sites excluding steroid dienone is 1. The second-order valence-corrected chi connectivity index (χ2v) is 8.15. The molecule has 0 aliphatic heterocycles. The molecule has 0 aliphatic rings. The number of carbonyl (C=O) groups excluding carboxylic acids is 1. The summed E-state index contributed by atoms with van der Waals surface area (Å²) in [6, 6.07) is 15.3. The molecule has 33 heavy (non-hydrogen) atoms. The minimum Gasteiger partial charge on any atom is -0.493 e. The predicted octanol–water partition coefficient (Wildman–Crippen LogP) is 7.64. The Morgan fingerprint density at radius 1 is 1.15 bits per heavy atom. The van der Waals surface area contributed by atoms with Crippen molar-refractivity contribution in [1.29, 1.82) is 0 Å². The number of amides is 1. The van der Waals surface area contributed by atoms with Gasteiger partial charge in [0.1, 0.15) is 17.1 Å². The van der Waals surface area contributed by atoms with Crippen molar-refractivity contribution < 1.29 is 18.3 Å². The number of benzene rings is 3. The van der Waals surface area contributed by atoms with E-state index in [1.165, 1.54) is 18.2 Å². The molecular weight excluding hydrogens is 441 g/mol.